The Morgan fingerprint density at radius 2 is 0.875 bits per heavy atom. The third-order valence-corrected chi connectivity index (χ3v) is 11.6. The summed E-state index contributed by atoms with van der Waals surface area (Å²) in [6.07, 6.45) is 0.675. The molecule has 0 saturated carbocycles. The molecule has 0 fully saturated rings. The number of benzene rings is 5. The van der Waals surface area contributed by atoms with Crippen LogP contribution in [-0.2, 0) is 6.16 Å². The zero-order valence-electron chi connectivity index (χ0n) is 22.9. The first-order chi connectivity index (χ1) is 19.6. The molecule has 40 heavy (non-hydrogen) atoms. The van der Waals surface area contributed by atoms with E-state index in [1.807, 2.05) is 78.9 Å². The Hall–Kier alpha value is -4.40. The summed E-state index contributed by atoms with van der Waals surface area (Å²) in [6, 6.07) is 42.0. The van der Waals surface area contributed by atoms with Crippen LogP contribution in [0.5, 0.6) is 17.2 Å². The lowest BCUT2D eigenvalue weighted by Crippen LogP contribution is -2.34. The zero-order chi connectivity index (χ0) is 28.0. The minimum Gasteiger partial charge on any atom is -0.493 e. The molecule has 200 valence electrons. The van der Waals surface area contributed by atoms with Crippen molar-refractivity contribution in [2.45, 2.75) is 6.16 Å². The number of rotatable bonds is 10. The summed E-state index contributed by atoms with van der Waals surface area (Å²) in [5.41, 5.74) is 2.43. The van der Waals surface area contributed by atoms with Gasteiger partial charge in [-0.05, 0) is 42.0 Å². The average molecular weight is 548 g/mol. The normalized spacial score (nSPS) is 11.1. The van der Waals surface area contributed by atoms with E-state index in [1.165, 1.54) is 0 Å². The maximum absolute atomic E-state index is 13.1. The van der Waals surface area contributed by atoms with E-state index in [4.69, 9.17) is 14.2 Å². The fourth-order valence-corrected chi connectivity index (χ4v) is 9.97. The van der Waals surface area contributed by atoms with E-state index in [0.717, 1.165) is 38.7 Å². The van der Waals surface area contributed by atoms with Crippen molar-refractivity contribution in [3.8, 4) is 17.2 Å². The number of hydrogen-bond acceptors (Lipinski definition) is 4. The Kier molecular flexibility index (Phi) is 8.28. The van der Waals surface area contributed by atoms with Crippen LogP contribution in [0.2, 0.25) is 0 Å². The molecule has 0 bridgehead atoms. The number of methoxy groups -OCH3 is 3. The van der Waals surface area contributed by atoms with Crippen molar-refractivity contribution in [3.05, 3.63) is 144 Å². The first-order valence-electron chi connectivity index (χ1n) is 13.1. The van der Waals surface area contributed by atoms with Crippen molar-refractivity contribution in [1.82, 2.24) is 0 Å². The molecule has 5 aromatic rings. The van der Waals surface area contributed by atoms with Crippen molar-refractivity contribution in [2.75, 3.05) is 21.3 Å². The van der Waals surface area contributed by atoms with Gasteiger partial charge in [0, 0.05) is 11.1 Å². The van der Waals surface area contributed by atoms with Crippen molar-refractivity contribution in [1.29, 1.82) is 0 Å². The molecule has 0 aliphatic rings. The maximum atomic E-state index is 13.1. The Morgan fingerprint density at radius 1 is 0.500 bits per heavy atom. The van der Waals surface area contributed by atoms with Gasteiger partial charge < -0.3 is 14.2 Å². The Balaban J connectivity index is 1.74. The summed E-state index contributed by atoms with van der Waals surface area (Å²) < 4.78 is 17.9. The first-order valence-corrected chi connectivity index (χ1v) is 15.1. The molecule has 0 heterocycles. The lowest BCUT2D eigenvalue weighted by molar-refractivity contribution is 0.103. The molecule has 0 spiro atoms. The molecule has 5 rings (SSSR count). The van der Waals surface area contributed by atoms with E-state index >= 15 is 0 Å². The lowest BCUT2D eigenvalue weighted by atomic mass is 10.0. The minimum absolute atomic E-state index is 0.00685. The van der Waals surface area contributed by atoms with E-state index in [-0.39, 0.29) is 5.78 Å². The van der Waals surface area contributed by atoms with Crippen LogP contribution in [0.15, 0.2) is 127 Å². The number of carbonyl (C=O) groups excluding carboxylic acids is 1. The highest BCUT2D eigenvalue weighted by molar-refractivity contribution is 7.95. The molecule has 0 N–H and O–H groups in total. The molecule has 0 atom stereocenters. The Labute approximate surface area is 236 Å². The Bertz CT molecular complexity index is 1480. The second kappa shape index (κ2) is 12.2. The van der Waals surface area contributed by atoms with Gasteiger partial charge in [-0.1, -0.05) is 91.0 Å². The van der Waals surface area contributed by atoms with Crippen LogP contribution in [0.3, 0.4) is 0 Å². The van der Waals surface area contributed by atoms with E-state index < -0.39 is 7.26 Å². The smallest absolute Gasteiger partial charge is 0.193 e. The molecule has 0 saturated heterocycles. The SMILES string of the molecule is COc1ccccc1[P+](Cc1ccc(C(=O)c2ccccc2)cc1)(c1ccccc1OC)c1ccccc1OC. The maximum Gasteiger partial charge on any atom is 0.193 e. The largest absolute Gasteiger partial charge is 0.493 e. The third-order valence-electron chi connectivity index (χ3n) is 7.16. The van der Waals surface area contributed by atoms with Gasteiger partial charge in [0.05, 0.1) is 27.5 Å². The van der Waals surface area contributed by atoms with Crippen LogP contribution in [0.1, 0.15) is 21.5 Å². The van der Waals surface area contributed by atoms with Crippen LogP contribution in [0, 0.1) is 0 Å². The van der Waals surface area contributed by atoms with E-state index in [0.29, 0.717) is 17.3 Å². The highest BCUT2D eigenvalue weighted by Gasteiger charge is 2.51. The van der Waals surface area contributed by atoms with Gasteiger partial charge in [-0.25, -0.2) is 0 Å². The summed E-state index contributed by atoms with van der Waals surface area (Å²) in [4.78, 5) is 13.1. The van der Waals surface area contributed by atoms with Crippen LogP contribution >= 0.6 is 7.26 Å². The number of ether oxygens (including phenoxy) is 3. The summed E-state index contributed by atoms with van der Waals surface area (Å²) in [5.74, 6) is 2.43. The monoisotopic (exact) mass is 547 g/mol. The van der Waals surface area contributed by atoms with Gasteiger partial charge in [0.25, 0.3) is 0 Å². The number of hydrogen-bond donors (Lipinski definition) is 0. The molecule has 0 unspecified atom stereocenters. The van der Waals surface area contributed by atoms with Crippen LogP contribution in [0.4, 0.5) is 0 Å². The fourth-order valence-electron chi connectivity index (χ4n) is 5.27. The quantitative estimate of drug-likeness (QED) is 0.149. The third kappa shape index (κ3) is 5.11. The molecule has 0 radical (unpaired) electrons. The van der Waals surface area contributed by atoms with Crippen molar-refractivity contribution in [2.24, 2.45) is 0 Å². The number of carbonyl (C=O) groups is 1. The molecule has 0 aliphatic heterocycles. The summed E-state index contributed by atoms with van der Waals surface area (Å²) in [5, 5.41) is 3.28. The van der Waals surface area contributed by atoms with Gasteiger partial charge >= 0.3 is 0 Å². The van der Waals surface area contributed by atoms with E-state index in [9.17, 15) is 4.79 Å². The number of para-hydroxylation sites is 3. The van der Waals surface area contributed by atoms with Gasteiger partial charge in [-0.15, -0.1) is 0 Å². The van der Waals surface area contributed by atoms with Crippen molar-refractivity contribution < 1.29 is 19.0 Å². The molecular formula is C35H32O4P+. The molecule has 0 aromatic heterocycles. The molecule has 0 amide bonds. The summed E-state index contributed by atoms with van der Waals surface area (Å²) in [7, 11) is 2.64. The predicted octanol–water partition coefficient (Wildman–Crippen LogP) is 6.44. The van der Waals surface area contributed by atoms with Gasteiger partial charge in [0.1, 0.15) is 23.2 Å². The number of ketones is 1. The van der Waals surface area contributed by atoms with E-state index in [1.54, 1.807) is 21.3 Å². The Morgan fingerprint density at radius 3 is 1.30 bits per heavy atom. The van der Waals surface area contributed by atoms with Crippen LogP contribution in [0.25, 0.3) is 0 Å². The van der Waals surface area contributed by atoms with Gasteiger partial charge in [0.2, 0.25) is 0 Å². The molecule has 0 aliphatic carbocycles. The highest BCUT2D eigenvalue weighted by atomic mass is 31.2. The molecule has 5 aromatic carbocycles. The van der Waals surface area contributed by atoms with Crippen LogP contribution in [-0.4, -0.2) is 27.1 Å². The second-order valence-electron chi connectivity index (χ2n) is 9.38. The van der Waals surface area contributed by atoms with Crippen molar-refractivity contribution in [3.63, 3.8) is 0 Å². The van der Waals surface area contributed by atoms with Gasteiger partial charge in [-0.2, -0.15) is 0 Å². The van der Waals surface area contributed by atoms with Crippen molar-refractivity contribution >= 4 is 29.0 Å². The van der Waals surface area contributed by atoms with Gasteiger partial charge in [0.15, 0.2) is 23.0 Å². The van der Waals surface area contributed by atoms with Gasteiger partial charge in [-0.3, -0.25) is 4.79 Å². The molecule has 4 nitrogen and oxygen atoms in total. The van der Waals surface area contributed by atoms with Crippen LogP contribution < -0.4 is 30.1 Å². The lowest BCUT2D eigenvalue weighted by Gasteiger charge is -2.30. The van der Waals surface area contributed by atoms with E-state index in [2.05, 4.69) is 48.5 Å². The molecule has 5 heteroatoms. The minimum atomic E-state index is -2.49. The fraction of sp³-hybridized carbons (Fsp3) is 0.114. The standard InChI is InChI=1S/C35H32O4P/c1-37-29-15-7-10-18-32(29)40(33-19-11-8-16-30(33)38-2,34-20-12-9-17-31(34)39-3)25-26-21-23-28(24-22-26)35(36)27-13-5-4-6-14-27/h4-24H,25H2,1-3H3/q+1. The highest BCUT2D eigenvalue weighted by Crippen LogP contribution is 2.62. The predicted molar refractivity (Wildman–Crippen MR) is 165 cm³/mol. The average Bonchev–Trinajstić information content (AvgIpc) is 3.04. The summed E-state index contributed by atoms with van der Waals surface area (Å²) in [6.45, 7) is 0. The topological polar surface area (TPSA) is 44.8 Å². The molecular weight excluding hydrogens is 515 g/mol. The zero-order valence-corrected chi connectivity index (χ0v) is 23.8. The first kappa shape index (κ1) is 27.2. The summed E-state index contributed by atoms with van der Waals surface area (Å²) >= 11 is 0. The second-order valence-corrected chi connectivity index (χ2v) is 12.8.